The van der Waals surface area contributed by atoms with E-state index >= 15 is 0 Å². The van der Waals surface area contributed by atoms with Crippen molar-refractivity contribution in [2.75, 3.05) is 18.4 Å². The first-order valence-corrected chi connectivity index (χ1v) is 11.0. The molecule has 0 atom stereocenters. The highest BCUT2D eigenvalue weighted by molar-refractivity contribution is 6.05. The fourth-order valence-electron chi connectivity index (χ4n) is 4.59. The zero-order chi connectivity index (χ0) is 20.5. The molecule has 1 aliphatic heterocycles. The number of benzene rings is 2. The van der Waals surface area contributed by atoms with Crippen LogP contribution < -0.4 is 5.32 Å². The van der Waals surface area contributed by atoms with Crippen LogP contribution in [0.3, 0.4) is 0 Å². The normalized spacial score (nSPS) is 17.1. The highest BCUT2D eigenvalue weighted by atomic mass is 16.3. The van der Waals surface area contributed by atoms with Gasteiger partial charge >= 0.3 is 0 Å². The highest BCUT2D eigenvalue weighted by Crippen LogP contribution is 2.29. The van der Waals surface area contributed by atoms with E-state index in [1.54, 1.807) is 0 Å². The average Bonchev–Trinajstić information content (AvgIpc) is 3.00. The summed E-state index contributed by atoms with van der Waals surface area (Å²) in [5.74, 6) is 1.23. The summed E-state index contributed by atoms with van der Waals surface area (Å²) in [7, 11) is 0. The summed E-state index contributed by atoms with van der Waals surface area (Å²) in [6.45, 7) is 4.11. The van der Waals surface area contributed by atoms with Gasteiger partial charge in [0.1, 0.15) is 11.5 Å². The molecule has 1 amide bonds. The molecule has 3 aromatic rings. The quantitative estimate of drug-likeness (QED) is 0.632. The second-order valence-corrected chi connectivity index (χ2v) is 8.50. The molecule has 2 aromatic carbocycles. The van der Waals surface area contributed by atoms with Gasteiger partial charge in [0.25, 0.3) is 5.91 Å². The Morgan fingerprint density at radius 2 is 1.77 bits per heavy atom. The summed E-state index contributed by atoms with van der Waals surface area (Å²) in [5.41, 5.74) is 5.20. The van der Waals surface area contributed by atoms with Crippen molar-refractivity contribution < 1.29 is 9.21 Å². The molecule has 5 rings (SSSR count). The molecule has 0 spiro atoms. The van der Waals surface area contributed by atoms with E-state index in [0.717, 1.165) is 49.0 Å². The fourth-order valence-corrected chi connectivity index (χ4v) is 4.59. The Morgan fingerprint density at radius 1 is 1.00 bits per heavy atom. The topological polar surface area (TPSA) is 45.5 Å². The molecule has 1 saturated carbocycles. The monoisotopic (exact) mass is 400 g/mol. The maximum Gasteiger partial charge on any atom is 0.259 e. The predicted molar refractivity (Wildman–Crippen MR) is 120 cm³/mol. The molecule has 0 unspecified atom stereocenters. The molecule has 1 aromatic heterocycles. The first-order chi connectivity index (χ1) is 14.7. The van der Waals surface area contributed by atoms with Crippen molar-refractivity contribution in [1.82, 2.24) is 4.90 Å². The van der Waals surface area contributed by atoms with Gasteiger partial charge in [-0.25, -0.2) is 0 Å². The Balaban J connectivity index is 1.30. The van der Waals surface area contributed by atoms with Crippen LogP contribution in [0.15, 0.2) is 59.0 Å². The van der Waals surface area contributed by atoms with Crippen molar-refractivity contribution in [1.29, 1.82) is 0 Å². The number of carbonyl (C=O) groups is 1. The van der Waals surface area contributed by atoms with Gasteiger partial charge in [-0.2, -0.15) is 0 Å². The van der Waals surface area contributed by atoms with E-state index in [-0.39, 0.29) is 5.91 Å². The third-order valence-electron chi connectivity index (χ3n) is 6.61. The van der Waals surface area contributed by atoms with Crippen LogP contribution in [0, 0.1) is 6.92 Å². The zero-order valence-electron chi connectivity index (χ0n) is 17.5. The minimum Gasteiger partial charge on any atom is -0.461 e. The van der Waals surface area contributed by atoms with Crippen LogP contribution in [0.2, 0.25) is 0 Å². The summed E-state index contributed by atoms with van der Waals surface area (Å²) < 4.78 is 5.85. The number of aryl methyl sites for hydroxylation is 1. The van der Waals surface area contributed by atoms with Crippen molar-refractivity contribution in [2.45, 2.75) is 45.1 Å². The number of hydrogen-bond donors (Lipinski definition) is 1. The molecular weight excluding hydrogens is 372 g/mol. The maximum absolute atomic E-state index is 12.9. The molecule has 154 valence electrons. The Bertz CT molecular complexity index is 1050. The Kier molecular flexibility index (Phi) is 5.17. The lowest BCUT2D eigenvalue weighted by Gasteiger charge is -2.36. The number of anilines is 1. The lowest BCUT2D eigenvalue weighted by molar-refractivity contribution is 0.102. The number of carbonyl (C=O) groups excluding carboxylic acids is 1. The van der Waals surface area contributed by atoms with Gasteiger partial charge in [0.15, 0.2) is 0 Å². The summed E-state index contributed by atoms with van der Waals surface area (Å²) in [5, 5.41) is 3.08. The van der Waals surface area contributed by atoms with Gasteiger partial charge in [0.2, 0.25) is 0 Å². The van der Waals surface area contributed by atoms with Gasteiger partial charge in [0, 0.05) is 30.4 Å². The van der Waals surface area contributed by atoms with Crippen LogP contribution in [0.1, 0.15) is 46.5 Å². The molecule has 1 aliphatic carbocycles. The molecular formula is C26H28N2O2. The van der Waals surface area contributed by atoms with Crippen molar-refractivity contribution in [3.63, 3.8) is 0 Å². The zero-order valence-corrected chi connectivity index (χ0v) is 17.5. The van der Waals surface area contributed by atoms with Gasteiger partial charge < -0.3 is 9.73 Å². The molecule has 2 aliphatic rings. The minimum absolute atomic E-state index is 0.122. The van der Waals surface area contributed by atoms with E-state index in [0.29, 0.717) is 11.3 Å². The van der Waals surface area contributed by atoms with Crippen LogP contribution in [-0.4, -0.2) is 29.9 Å². The van der Waals surface area contributed by atoms with Crippen LogP contribution in [0.25, 0.3) is 11.3 Å². The molecule has 30 heavy (non-hydrogen) atoms. The first-order valence-electron chi connectivity index (χ1n) is 11.0. The molecule has 0 bridgehead atoms. The lowest BCUT2D eigenvalue weighted by Crippen LogP contribution is -2.41. The summed E-state index contributed by atoms with van der Waals surface area (Å²) in [4.78, 5) is 15.6. The van der Waals surface area contributed by atoms with Crippen LogP contribution in [-0.2, 0) is 12.8 Å². The van der Waals surface area contributed by atoms with Crippen molar-refractivity contribution in [2.24, 2.45) is 0 Å². The average molecular weight is 401 g/mol. The Morgan fingerprint density at radius 3 is 2.50 bits per heavy atom. The van der Waals surface area contributed by atoms with E-state index in [4.69, 9.17) is 4.42 Å². The molecule has 4 heteroatoms. The van der Waals surface area contributed by atoms with Gasteiger partial charge in [-0.3, -0.25) is 9.69 Å². The SMILES string of the molecule is Cc1oc(-c2ccccc2)cc1C(=O)Nc1ccc2c(c1)CCN(C1CCC1)CC2. The van der Waals surface area contributed by atoms with Gasteiger partial charge in [-0.05, 0) is 61.9 Å². The Hall–Kier alpha value is -2.85. The predicted octanol–water partition coefficient (Wildman–Crippen LogP) is 5.46. The number of amides is 1. The standard InChI is InChI=1S/C26H28N2O2/c1-18-24(17-25(30-18)20-6-3-2-4-7-20)26(29)27-22-11-10-19-12-14-28(23-8-5-9-23)15-13-21(19)16-22/h2-4,6-7,10-11,16-17,23H,5,8-9,12-15H2,1H3,(H,27,29). The van der Waals surface area contributed by atoms with E-state index in [1.165, 1.54) is 30.4 Å². The van der Waals surface area contributed by atoms with Gasteiger partial charge in [-0.1, -0.05) is 42.8 Å². The van der Waals surface area contributed by atoms with Crippen molar-refractivity contribution in [3.8, 4) is 11.3 Å². The molecule has 2 heterocycles. The van der Waals surface area contributed by atoms with Crippen LogP contribution in [0.5, 0.6) is 0 Å². The number of nitrogens with one attached hydrogen (secondary N) is 1. The fraction of sp³-hybridized carbons (Fsp3) is 0.346. The molecule has 0 radical (unpaired) electrons. The lowest BCUT2D eigenvalue weighted by atomic mass is 9.91. The first kappa shape index (κ1) is 19.1. The summed E-state index contributed by atoms with van der Waals surface area (Å²) >= 11 is 0. The molecule has 4 nitrogen and oxygen atoms in total. The van der Waals surface area contributed by atoms with Crippen LogP contribution in [0.4, 0.5) is 5.69 Å². The van der Waals surface area contributed by atoms with Gasteiger partial charge in [-0.15, -0.1) is 0 Å². The third kappa shape index (κ3) is 3.80. The Labute approximate surface area is 177 Å². The van der Waals surface area contributed by atoms with Crippen molar-refractivity contribution >= 4 is 11.6 Å². The molecule has 0 saturated heterocycles. The number of nitrogens with zero attached hydrogens (tertiary/aromatic N) is 1. The smallest absolute Gasteiger partial charge is 0.259 e. The minimum atomic E-state index is -0.122. The van der Waals surface area contributed by atoms with Crippen LogP contribution >= 0.6 is 0 Å². The second kappa shape index (κ2) is 8.11. The number of rotatable bonds is 4. The van der Waals surface area contributed by atoms with E-state index in [9.17, 15) is 4.79 Å². The molecule has 1 N–H and O–H groups in total. The van der Waals surface area contributed by atoms with E-state index in [1.807, 2.05) is 49.4 Å². The number of hydrogen-bond acceptors (Lipinski definition) is 3. The maximum atomic E-state index is 12.9. The second-order valence-electron chi connectivity index (χ2n) is 8.50. The highest BCUT2D eigenvalue weighted by Gasteiger charge is 2.26. The van der Waals surface area contributed by atoms with E-state index < -0.39 is 0 Å². The van der Waals surface area contributed by atoms with Crippen molar-refractivity contribution in [3.05, 3.63) is 77.0 Å². The summed E-state index contributed by atoms with van der Waals surface area (Å²) in [6.07, 6.45) is 6.24. The number of furan rings is 1. The number of fused-ring (bicyclic) bond motifs is 1. The third-order valence-corrected chi connectivity index (χ3v) is 6.61. The van der Waals surface area contributed by atoms with Gasteiger partial charge in [0.05, 0.1) is 5.56 Å². The summed E-state index contributed by atoms with van der Waals surface area (Å²) in [6, 6.07) is 18.9. The molecule has 1 fully saturated rings. The largest absolute Gasteiger partial charge is 0.461 e. The van der Waals surface area contributed by atoms with E-state index in [2.05, 4.69) is 22.3 Å².